The first-order valence-electron chi connectivity index (χ1n) is 8.63. The van der Waals surface area contributed by atoms with Gasteiger partial charge in [-0.15, -0.1) is 22.7 Å². The molecule has 2 heterocycles. The predicted molar refractivity (Wildman–Crippen MR) is 125 cm³/mol. The number of thiazole rings is 2. The molecule has 2 aliphatic rings. The lowest BCUT2D eigenvalue weighted by Gasteiger charge is -2.12. The summed E-state index contributed by atoms with van der Waals surface area (Å²) in [5.41, 5.74) is 4.78. The molecule has 4 rings (SSSR count). The molecule has 2 aliphatic carbocycles. The van der Waals surface area contributed by atoms with Crippen LogP contribution in [0, 0.1) is 5.41 Å². The molecule has 1 unspecified atom stereocenters. The van der Waals surface area contributed by atoms with Crippen molar-refractivity contribution in [2.24, 2.45) is 5.41 Å². The third-order valence-electron chi connectivity index (χ3n) is 4.56. The second-order valence-corrected chi connectivity index (χ2v) is 12.1. The molecular formula is C21H21IN2S2. The van der Waals surface area contributed by atoms with Gasteiger partial charge in [0.1, 0.15) is 0 Å². The van der Waals surface area contributed by atoms with Crippen molar-refractivity contribution in [2.45, 2.75) is 38.0 Å². The summed E-state index contributed by atoms with van der Waals surface area (Å²) in [6.07, 6.45) is 13.4. The predicted octanol–water partition coefficient (Wildman–Crippen LogP) is 7.35. The summed E-state index contributed by atoms with van der Waals surface area (Å²) in [4.78, 5) is 12.3. The van der Waals surface area contributed by atoms with E-state index in [0.717, 1.165) is 21.4 Å². The van der Waals surface area contributed by atoms with Crippen LogP contribution in [0.15, 0.2) is 24.3 Å². The largest absolute Gasteiger partial charge is 0.233 e. The average Bonchev–Trinajstić information content (AvgIpc) is 3.09. The monoisotopic (exact) mass is 492 g/mol. The number of hydrogen-bond acceptors (Lipinski definition) is 4. The zero-order chi connectivity index (χ0) is 18.7. The maximum absolute atomic E-state index is 4.98. The number of fused-ring (bicyclic) bond motifs is 2. The second kappa shape index (κ2) is 6.24. The molecule has 2 aromatic rings. The average molecular weight is 492 g/mol. The summed E-state index contributed by atoms with van der Waals surface area (Å²) in [6, 6.07) is 0. The molecule has 26 heavy (non-hydrogen) atoms. The van der Waals surface area contributed by atoms with Gasteiger partial charge in [0.2, 0.25) is 0 Å². The van der Waals surface area contributed by atoms with E-state index in [1.54, 1.807) is 22.7 Å². The van der Waals surface area contributed by atoms with Crippen LogP contribution in [-0.4, -0.2) is 13.4 Å². The van der Waals surface area contributed by atoms with Crippen LogP contribution in [0.4, 0.5) is 0 Å². The smallest absolute Gasteiger partial charge is 0.153 e. The zero-order valence-corrected chi connectivity index (χ0v) is 19.3. The Morgan fingerprint density at radius 1 is 0.885 bits per heavy atom. The fraction of sp³-hybridized carbons (Fsp3) is 0.333. The van der Waals surface area contributed by atoms with Gasteiger partial charge in [-0.2, -0.15) is 0 Å². The molecule has 0 saturated carbocycles. The standard InChI is InChI=1S/C21H21IN2S2/c1-12-10-21(5,22)11-13(2)17-16(12)24-19(26-17)18-23-14-6-8-20(3,4)9-7-15(14)25-18/h6-11H,1-5H3. The van der Waals surface area contributed by atoms with Gasteiger partial charge in [0, 0.05) is 5.41 Å². The molecule has 0 saturated heterocycles. The number of alkyl halides is 1. The van der Waals surface area contributed by atoms with Crippen molar-refractivity contribution >= 4 is 68.6 Å². The van der Waals surface area contributed by atoms with E-state index in [9.17, 15) is 0 Å². The number of aromatic nitrogens is 2. The highest BCUT2D eigenvalue weighted by Crippen LogP contribution is 2.43. The second-order valence-electron chi connectivity index (χ2n) is 7.76. The molecule has 2 nitrogen and oxygen atoms in total. The molecule has 0 N–H and O–H groups in total. The van der Waals surface area contributed by atoms with Crippen LogP contribution >= 0.6 is 45.3 Å². The number of allylic oxidation sites excluding steroid dienone is 6. The Hall–Kier alpha value is -1.05. The first kappa shape index (κ1) is 18.3. The van der Waals surface area contributed by atoms with Gasteiger partial charge in [-0.1, -0.05) is 60.7 Å². The Balaban J connectivity index is 1.78. The summed E-state index contributed by atoms with van der Waals surface area (Å²) >= 11 is 5.98. The minimum absolute atomic E-state index is 0.0351. The normalized spacial score (nSPS) is 23.6. The van der Waals surface area contributed by atoms with Crippen LogP contribution in [0.2, 0.25) is 0 Å². The van der Waals surface area contributed by atoms with Gasteiger partial charge in [-0.05, 0) is 44.1 Å². The quantitative estimate of drug-likeness (QED) is 0.307. The highest BCUT2D eigenvalue weighted by molar-refractivity contribution is 14.1. The third kappa shape index (κ3) is 3.41. The van der Waals surface area contributed by atoms with E-state index in [-0.39, 0.29) is 8.84 Å². The molecule has 0 spiro atoms. The van der Waals surface area contributed by atoms with E-state index in [2.05, 4.69) is 93.7 Å². The Morgan fingerprint density at radius 2 is 1.54 bits per heavy atom. The van der Waals surface area contributed by atoms with Crippen LogP contribution in [0.25, 0.3) is 33.3 Å². The van der Waals surface area contributed by atoms with Crippen molar-refractivity contribution in [2.75, 3.05) is 0 Å². The molecule has 0 bridgehead atoms. The van der Waals surface area contributed by atoms with Gasteiger partial charge in [0.05, 0.1) is 24.6 Å². The fourth-order valence-electron chi connectivity index (χ4n) is 3.28. The van der Waals surface area contributed by atoms with Gasteiger partial charge in [0.15, 0.2) is 10.0 Å². The summed E-state index contributed by atoms with van der Waals surface area (Å²) < 4.78 is 0.0351. The fourth-order valence-corrected chi connectivity index (χ4v) is 6.29. The minimum atomic E-state index is 0.0351. The van der Waals surface area contributed by atoms with Gasteiger partial charge < -0.3 is 0 Å². The highest BCUT2D eigenvalue weighted by atomic mass is 127. The molecule has 0 aromatic carbocycles. The molecule has 0 aliphatic heterocycles. The SMILES string of the molecule is CC1=CC(C)(I)C=C(C)c2sc(-c3nc4c(s3)C=CC(C)(C)C=C4)nc21. The van der Waals surface area contributed by atoms with Crippen LogP contribution < -0.4 is 0 Å². The molecule has 0 amide bonds. The van der Waals surface area contributed by atoms with Crippen LogP contribution in [0.1, 0.15) is 55.8 Å². The lowest BCUT2D eigenvalue weighted by Crippen LogP contribution is -2.06. The van der Waals surface area contributed by atoms with Gasteiger partial charge >= 0.3 is 0 Å². The Bertz CT molecular complexity index is 940. The maximum Gasteiger partial charge on any atom is 0.153 e. The first-order chi connectivity index (χ1) is 12.1. The molecule has 134 valence electrons. The molecule has 1 atom stereocenters. The van der Waals surface area contributed by atoms with E-state index in [1.807, 2.05) is 0 Å². The van der Waals surface area contributed by atoms with Crippen molar-refractivity contribution in [3.63, 3.8) is 0 Å². The molecular weight excluding hydrogens is 471 g/mol. The van der Waals surface area contributed by atoms with Crippen LogP contribution in [-0.2, 0) is 0 Å². The zero-order valence-electron chi connectivity index (χ0n) is 15.6. The topological polar surface area (TPSA) is 25.8 Å². The number of halogens is 1. The molecule has 2 aromatic heterocycles. The molecule has 0 radical (unpaired) electrons. The highest BCUT2D eigenvalue weighted by Gasteiger charge is 2.25. The lowest BCUT2D eigenvalue weighted by molar-refractivity contribution is 0.633. The lowest BCUT2D eigenvalue weighted by atomic mass is 9.93. The van der Waals surface area contributed by atoms with Crippen molar-refractivity contribution in [1.82, 2.24) is 9.97 Å². The number of rotatable bonds is 1. The van der Waals surface area contributed by atoms with Crippen LogP contribution in [0.3, 0.4) is 0 Å². The van der Waals surface area contributed by atoms with E-state index in [1.165, 1.54) is 20.9 Å². The van der Waals surface area contributed by atoms with E-state index < -0.39 is 0 Å². The van der Waals surface area contributed by atoms with E-state index in [0.29, 0.717) is 0 Å². The van der Waals surface area contributed by atoms with Gasteiger partial charge in [-0.3, -0.25) is 0 Å². The first-order valence-corrected chi connectivity index (χ1v) is 11.3. The molecule has 0 fully saturated rings. The Labute approximate surface area is 176 Å². The summed E-state index contributed by atoms with van der Waals surface area (Å²) in [6.45, 7) is 11.0. The van der Waals surface area contributed by atoms with Crippen molar-refractivity contribution in [1.29, 1.82) is 0 Å². The third-order valence-corrected chi connectivity index (χ3v) is 7.55. The van der Waals surface area contributed by atoms with Crippen molar-refractivity contribution in [3.05, 3.63) is 45.4 Å². The maximum atomic E-state index is 4.98. The van der Waals surface area contributed by atoms with E-state index in [4.69, 9.17) is 9.97 Å². The summed E-state index contributed by atoms with van der Waals surface area (Å²) in [5.74, 6) is 0. The van der Waals surface area contributed by atoms with E-state index >= 15 is 0 Å². The van der Waals surface area contributed by atoms with Crippen molar-refractivity contribution < 1.29 is 0 Å². The van der Waals surface area contributed by atoms with Crippen molar-refractivity contribution in [3.8, 4) is 10.0 Å². The van der Waals surface area contributed by atoms with Gasteiger partial charge in [0.25, 0.3) is 0 Å². The summed E-state index contributed by atoms with van der Waals surface area (Å²) in [7, 11) is 0. The molecule has 5 heteroatoms. The van der Waals surface area contributed by atoms with Gasteiger partial charge in [-0.25, -0.2) is 9.97 Å². The number of nitrogens with zero attached hydrogens (tertiary/aromatic N) is 2. The number of hydrogen-bond donors (Lipinski definition) is 0. The summed E-state index contributed by atoms with van der Waals surface area (Å²) in [5, 5.41) is 2.03. The Kier molecular flexibility index (Phi) is 4.40. The minimum Gasteiger partial charge on any atom is -0.233 e. The Morgan fingerprint density at radius 3 is 2.31 bits per heavy atom. The van der Waals surface area contributed by atoms with Crippen LogP contribution in [0.5, 0.6) is 0 Å².